The van der Waals surface area contributed by atoms with Gasteiger partial charge in [-0.2, -0.15) is 0 Å². The molecule has 0 aliphatic rings. The first-order valence-corrected chi connectivity index (χ1v) is 10.4. The zero-order valence-corrected chi connectivity index (χ0v) is 6.60. The molecule has 8 valence electrons. The molecule has 0 radical (unpaired) electrons. The molecule has 5 heavy (non-hydrogen) atoms. The van der Waals surface area contributed by atoms with Gasteiger partial charge in [-0.1, -0.05) is 0 Å². The van der Waals surface area contributed by atoms with Crippen molar-refractivity contribution in [3.05, 3.63) is 0 Å². The Morgan fingerprint density at radius 2 is 0.800 bits per heavy atom. The monoisotopic (exact) mass is 102 g/mol. The molecular weight excluding hydrogens is 100 g/mol. The standard InChI is InChI=1S/Ge.4Li. The van der Waals surface area contributed by atoms with Crippen molar-refractivity contribution in [3.63, 3.8) is 0 Å². The van der Waals surface area contributed by atoms with Crippen molar-refractivity contribution >= 4 is 67.0 Å². The third-order valence-electron chi connectivity index (χ3n) is 0. The molecule has 0 amide bonds. The van der Waals surface area contributed by atoms with E-state index in [1.165, 1.54) is 0 Å². The third kappa shape index (κ3) is 19.6. The van der Waals surface area contributed by atoms with E-state index in [2.05, 4.69) is 62.6 Å². The minimum atomic E-state index is -1.00. The molecule has 0 N–H and O–H groups in total. The summed E-state index contributed by atoms with van der Waals surface area (Å²) < 4.78 is -1.00. The molecule has 0 aliphatic heterocycles. The fourth-order valence-corrected chi connectivity index (χ4v) is 0. The van der Waals surface area contributed by atoms with Crippen molar-refractivity contribution in [1.29, 1.82) is 0 Å². The summed E-state index contributed by atoms with van der Waals surface area (Å²) in [5.74, 6) is 0. The molecule has 0 saturated carbocycles. The zero-order chi connectivity index (χ0) is 4.50. The van der Waals surface area contributed by atoms with Gasteiger partial charge in [-0.3, -0.25) is 0 Å². The first-order valence-electron chi connectivity index (χ1n) is 2.00. The Labute approximate surface area is 65.6 Å². The molecule has 0 unspecified atom stereocenters. The predicted octanol–water partition coefficient (Wildman–Crippen LogP) is -1.90. The molecule has 0 fully saturated rings. The second kappa shape index (κ2) is 3.06. The molecule has 0 saturated heterocycles. The fourth-order valence-electron chi connectivity index (χ4n) is 0. The van der Waals surface area contributed by atoms with Crippen LogP contribution in [-0.2, 0) is 0 Å². The first kappa shape index (κ1) is 7.93. The van der Waals surface area contributed by atoms with Gasteiger partial charge in [0, 0.05) is 0 Å². The molecule has 0 bridgehead atoms. The summed E-state index contributed by atoms with van der Waals surface area (Å²) in [6.45, 7) is 0. The van der Waals surface area contributed by atoms with Crippen LogP contribution in [0, 0.1) is 0 Å². The van der Waals surface area contributed by atoms with Gasteiger partial charge in [0.25, 0.3) is 0 Å². The van der Waals surface area contributed by atoms with E-state index >= 15 is 0 Å². The van der Waals surface area contributed by atoms with Gasteiger partial charge in [0.1, 0.15) is 0 Å². The predicted molar refractivity (Wildman–Crippen MR) is 28.8 cm³/mol. The maximum absolute atomic E-state index is 2.38. The first-order chi connectivity index (χ1) is 2.00. The number of rotatable bonds is 0. The molecular formula is GeLi4. The number of hydrogen-bond donors (Lipinski definition) is 0. The summed E-state index contributed by atoms with van der Waals surface area (Å²) >= 11 is 9.50. The molecule has 5 heteroatoms. The Morgan fingerprint density at radius 3 is 0.800 bits per heavy atom. The van der Waals surface area contributed by atoms with Gasteiger partial charge in [-0.25, -0.2) is 0 Å². The van der Waals surface area contributed by atoms with Crippen LogP contribution in [-0.4, -0.2) is 67.0 Å². The molecule has 0 aromatic rings. The topological polar surface area (TPSA) is 0 Å². The summed E-state index contributed by atoms with van der Waals surface area (Å²) in [5, 5.41) is 0. The molecule has 0 heterocycles. The van der Waals surface area contributed by atoms with Crippen LogP contribution in [0.15, 0.2) is 0 Å². The third-order valence-corrected chi connectivity index (χ3v) is 0. The molecule has 0 nitrogen and oxygen atoms in total. The Hall–Kier alpha value is 2.93. The van der Waals surface area contributed by atoms with Crippen LogP contribution < -0.4 is 0 Å². The fraction of sp³-hybridized carbons (Fsp3) is 0. The average Bonchev–Trinajstić information content (AvgIpc) is 0.722. The van der Waals surface area contributed by atoms with E-state index in [-0.39, 0.29) is 0 Å². The van der Waals surface area contributed by atoms with Gasteiger partial charge in [-0.05, 0) is 0 Å². The SMILES string of the molecule is [Li][Ge]([Li])([Li])[Li]. The van der Waals surface area contributed by atoms with Gasteiger partial charge >= 0.3 is 67.0 Å². The second-order valence-corrected chi connectivity index (χ2v) is 15.6. The Bertz CT molecular complexity index is 19.1. The second-order valence-electron chi connectivity index (χ2n) is 3.00. The molecule has 0 aromatic heterocycles. The molecule has 0 atom stereocenters. The van der Waals surface area contributed by atoms with Crippen molar-refractivity contribution in [2.24, 2.45) is 0 Å². The van der Waals surface area contributed by atoms with Crippen LogP contribution in [0.25, 0.3) is 0 Å². The van der Waals surface area contributed by atoms with E-state index in [1.54, 1.807) is 0 Å². The summed E-state index contributed by atoms with van der Waals surface area (Å²) in [5.41, 5.74) is 0. The van der Waals surface area contributed by atoms with Gasteiger partial charge in [0.05, 0.1) is 0 Å². The summed E-state index contributed by atoms with van der Waals surface area (Å²) in [4.78, 5) is 0. The van der Waals surface area contributed by atoms with Crippen molar-refractivity contribution < 1.29 is 0 Å². The van der Waals surface area contributed by atoms with Gasteiger partial charge in [0.2, 0.25) is 0 Å². The molecule has 0 spiro atoms. The van der Waals surface area contributed by atoms with E-state index in [4.69, 9.17) is 0 Å². The molecule has 0 aliphatic carbocycles. The molecule has 0 rings (SSSR count). The van der Waals surface area contributed by atoms with Crippen molar-refractivity contribution in [3.8, 4) is 0 Å². The van der Waals surface area contributed by atoms with Crippen molar-refractivity contribution in [2.45, 2.75) is 0 Å². The minimum absolute atomic E-state index is 1.00. The normalized spacial score (nSPS) is 12.8. The van der Waals surface area contributed by atoms with Crippen LogP contribution in [0.5, 0.6) is 0 Å². The summed E-state index contributed by atoms with van der Waals surface area (Å²) in [6, 6.07) is 0. The zero-order valence-electron chi connectivity index (χ0n) is 4.50. The maximum atomic E-state index is 2.38. The average molecular weight is 100 g/mol. The van der Waals surface area contributed by atoms with Crippen LogP contribution in [0.1, 0.15) is 0 Å². The van der Waals surface area contributed by atoms with E-state index in [1.807, 2.05) is 0 Å². The number of hydrogen-bond acceptors (Lipinski definition) is 0. The Morgan fingerprint density at radius 1 is 0.800 bits per heavy atom. The quantitative estimate of drug-likeness (QED) is 0.312. The Kier molecular flexibility index (Phi) is 4.85. The van der Waals surface area contributed by atoms with Crippen molar-refractivity contribution in [1.82, 2.24) is 0 Å². The molecule has 0 aromatic carbocycles. The van der Waals surface area contributed by atoms with Gasteiger partial charge in [0.15, 0.2) is 0 Å². The van der Waals surface area contributed by atoms with E-state index in [9.17, 15) is 0 Å². The van der Waals surface area contributed by atoms with Crippen molar-refractivity contribution in [2.75, 3.05) is 0 Å². The van der Waals surface area contributed by atoms with Gasteiger partial charge < -0.3 is 0 Å². The Balaban J connectivity index is 3.02. The van der Waals surface area contributed by atoms with E-state index in [0.29, 0.717) is 0 Å². The summed E-state index contributed by atoms with van der Waals surface area (Å²) in [7, 11) is 0. The van der Waals surface area contributed by atoms with E-state index < -0.39 is 4.35 Å². The van der Waals surface area contributed by atoms with Gasteiger partial charge in [-0.15, -0.1) is 0 Å². The summed E-state index contributed by atoms with van der Waals surface area (Å²) in [6.07, 6.45) is 0. The van der Waals surface area contributed by atoms with E-state index in [0.717, 1.165) is 0 Å². The van der Waals surface area contributed by atoms with Crippen LogP contribution in [0.3, 0.4) is 0 Å². The van der Waals surface area contributed by atoms with Crippen LogP contribution >= 0.6 is 0 Å². The van der Waals surface area contributed by atoms with Crippen LogP contribution in [0.2, 0.25) is 0 Å². The van der Waals surface area contributed by atoms with Crippen LogP contribution in [0.4, 0.5) is 0 Å².